The standard InChI is InChI=1S/C13H13NO4/c1-6(15)9-7-2-4-18-12(7)10(13(14)16)8-3-5-17-11(8)9/h2-5H2,1H3,(H2,14,16). The number of carbonyl (C=O) groups excluding carboxylic acids is 2. The van der Waals surface area contributed by atoms with Gasteiger partial charge in [-0.05, 0) is 6.92 Å². The Balaban J connectivity index is 2.39. The number of benzene rings is 1. The van der Waals surface area contributed by atoms with Gasteiger partial charge in [-0.3, -0.25) is 9.59 Å². The Morgan fingerprint density at radius 1 is 1.00 bits per heavy atom. The maximum absolute atomic E-state index is 11.8. The third-order valence-electron chi connectivity index (χ3n) is 3.40. The zero-order chi connectivity index (χ0) is 12.9. The second-order valence-electron chi connectivity index (χ2n) is 4.48. The molecule has 0 aliphatic carbocycles. The molecule has 1 amide bonds. The van der Waals surface area contributed by atoms with Gasteiger partial charge in [0.15, 0.2) is 5.78 Å². The van der Waals surface area contributed by atoms with Crippen molar-refractivity contribution in [2.24, 2.45) is 5.73 Å². The van der Waals surface area contributed by atoms with Crippen molar-refractivity contribution >= 4 is 11.7 Å². The first kappa shape index (κ1) is 11.1. The third kappa shape index (κ3) is 1.33. The minimum absolute atomic E-state index is 0.0640. The van der Waals surface area contributed by atoms with Crippen molar-refractivity contribution in [3.63, 3.8) is 0 Å². The average Bonchev–Trinajstić information content (AvgIpc) is 2.91. The molecule has 0 saturated heterocycles. The summed E-state index contributed by atoms with van der Waals surface area (Å²) in [6.45, 7) is 2.44. The molecule has 0 unspecified atom stereocenters. The number of hydrogen-bond donors (Lipinski definition) is 1. The zero-order valence-corrected chi connectivity index (χ0v) is 10.0. The number of ether oxygens (including phenoxy) is 2. The summed E-state index contributed by atoms with van der Waals surface area (Å²) in [6.07, 6.45) is 1.20. The van der Waals surface area contributed by atoms with Crippen LogP contribution in [0.15, 0.2) is 0 Å². The highest BCUT2D eigenvalue weighted by Crippen LogP contribution is 2.44. The van der Waals surface area contributed by atoms with E-state index in [2.05, 4.69) is 0 Å². The van der Waals surface area contributed by atoms with Crippen molar-refractivity contribution in [3.05, 3.63) is 22.3 Å². The number of hydrogen-bond acceptors (Lipinski definition) is 4. The zero-order valence-electron chi connectivity index (χ0n) is 10.0. The van der Waals surface area contributed by atoms with Gasteiger partial charge in [0.2, 0.25) is 0 Å². The Hall–Kier alpha value is -2.04. The molecule has 5 nitrogen and oxygen atoms in total. The van der Waals surface area contributed by atoms with Crippen LogP contribution in [0.1, 0.15) is 38.8 Å². The summed E-state index contributed by atoms with van der Waals surface area (Å²) in [6, 6.07) is 0. The Kier molecular flexibility index (Phi) is 2.29. The lowest BCUT2D eigenvalue weighted by Gasteiger charge is -2.14. The first-order valence-corrected chi connectivity index (χ1v) is 5.89. The molecule has 1 aromatic rings. The number of Topliss-reactive ketones (excluding diaryl/α,β-unsaturated/α-hetero) is 1. The van der Waals surface area contributed by atoms with E-state index in [1.807, 2.05) is 0 Å². The van der Waals surface area contributed by atoms with E-state index in [-0.39, 0.29) is 5.78 Å². The van der Waals surface area contributed by atoms with Crippen LogP contribution in [-0.4, -0.2) is 24.9 Å². The van der Waals surface area contributed by atoms with Crippen molar-refractivity contribution in [3.8, 4) is 11.5 Å². The number of ketones is 1. The van der Waals surface area contributed by atoms with E-state index in [0.717, 1.165) is 5.56 Å². The molecule has 0 bridgehead atoms. The Bertz CT molecular complexity index is 493. The molecule has 0 atom stereocenters. The van der Waals surface area contributed by atoms with E-state index in [1.54, 1.807) is 0 Å². The molecule has 0 radical (unpaired) electrons. The minimum atomic E-state index is -0.523. The summed E-state index contributed by atoms with van der Waals surface area (Å²) in [5.74, 6) is 0.424. The highest BCUT2D eigenvalue weighted by molar-refractivity contribution is 6.05. The molecule has 2 aliphatic rings. The fourth-order valence-electron chi connectivity index (χ4n) is 2.74. The molecule has 94 valence electrons. The van der Waals surface area contributed by atoms with E-state index in [0.29, 0.717) is 54.2 Å². The summed E-state index contributed by atoms with van der Waals surface area (Å²) < 4.78 is 11.0. The van der Waals surface area contributed by atoms with Crippen molar-refractivity contribution in [1.29, 1.82) is 0 Å². The molecule has 18 heavy (non-hydrogen) atoms. The molecule has 2 aliphatic heterocycles. The van der Waals surface area contributed by atoms with Gasteiger partial charge in [0.05, 0.1) is 24.3 Å². The van der Waals surface area contributed by atoms with Crippen LogP contribution in [0.3, 0.4) is 0 Å². The number of rotatable bonds is 2. The summed E-state index contributed by atoms with van der Waals surface area (Å²) in [7, 11) is 0. The van der Waals surface area contributed by atoms with Gasteiger partial charge in [0.1, 0.15) is 11.5 Å². The van der Waals surface area contributed by atoms with Crippen molar-refractivity contribution < 1.29 is 19.1 Å². The van der Waals surface area contributed by atoms with Gasteiger partial charge in [-0.1, -0.05) is 0 Å². The van der Waals surface area contributed by atoms with Crippen LogP contribution < -0.4 is 15.2 Å². The molecule has 0 spiro atoms. The molecule has 0 aromatic heterocycles. The Labute approximate surface area is 104 Å². The van der Waals surface area contributed by atoms with Crippen LogP contribution in [0.2, 0.25) is 0 Å². The second kappa shape index (κ2) is 3.73. The van der Waals surface area contributed by atoms with Gasteiger partial charge in [-0.25, -0.2) is 0 Å². The van der Waals surface area contributed by atoms with Crippen molar-refractivity contribution in [1.82, 2.24) is 0 Å². The average molecular weight is 247 g/mol. The number of amides is 1. The predicted octanol–water partition coefficient (Wildman–Crippen LogP) is 0.858. The summed E-state index contributed by atoms with van der Waals surface area (Å²) >= 11 is 0. The molecular formula is C13H13NO4. The minimum Gasteiger partial charge on any atom is -0.492 e. The molecular weight excluding hydrogens is 234 g/mol. The Morgan fingerprint density at radius 2 is 1.50 bits per heavy atom. The maximum Gasteiger partial charge on any atom is 0.252 e. The molecule has 0 fully saturated rings. The fraction of sp³-hybridized carbons (Fsp3) is 0.385. The maximum atomic E-state index is 11.8. The Morgan fingerprint density at radius 3 is 2.00 bits per heavy atom. The highest BCUT2D eigenvalue weighted by Gasteiger charge is 2.34. The molecule has 0 saturated carbocycles. The lowest BCUT2D eigenvalue weighted by Crippen LogP contribution is -2.16. The van der Waals surface area contributed by atoms with E-state index >= 15 is 0 Å². The SMILES string of the molecule is CC(=O)c1c2c(c(C(N)=O)c3c1OCC3)OCC2. The molecule has 2 heterocycles. The normalized spacial score (nSPS) is 15.6. The van der Waals surface area contributed by atoms with Crippen molar-refractivity contribution in [2.75, 3.05) is 13.2 Å². The summed E-state index contributed by atoms with van der Waals surface area (Å²) in [5.41, 5.74) is 7.85. The first-order valence-electron chi connectivity index (χ1n) is 5.89. The topological polar surface area (TPSA) is 78.6 Å². The number of carbonyl (C=O) groups is 2. The first-order chi connectivity index (χ1) is 8.61. The van der Waals surface area contributed by atoms with Crippen LogP contribution in [0.25, 0.3) is 0 Å². The number of nitrogens with two attached hydrogens (primary N) is 1. The van der Waals surface area contributed by atoms with E-state index < -0.39 is 5.91 Å². The lowest BCUT2D eigenvalue weighted by atomic mass is 9.92. The largest absolute Gasteiger partial charge is 0.492 e. The van der Waals surface area contributed by atoms with Crippen LogP contribution >= 0.6 is 0 Å². The third-order valence-corrected chi connectivity index (χ3v) is 3.40. The van der Waals surface area contributed by atoms with Crippen LogP contribution in [0.5, 0.6) is 11.5 Å². The lowest BCUT2D eigenvalue weighted by molar-refractivity contribution is 0.0988. The monoisotopic (exact) mass is 247 g/mol. The van der Waals surface area contributed by atoms with Gasteiger partial charge in [-0.2, -0.15) is 0 Å². The predicted molar refractivity (Wildman–Crippen MR) is 63.4 cm³/mol. The van der Waals surface area contributed by atoms with Gasteiger partial charge in [0.25, 0.3) is 5.91 Å². The van der Waals surface area contributed by atoms with Crippen LogP contribution in [0, 0.1) is 0 Å². The summed E-state index contributed by atoms with van der Waals surface area (Å²) in [4.78, 5) is 23.4. The molecule has 1 aromatic carbocycles. The molecule has 2 N–H and O–H groups in total. The quantitative estimate of drug-likeness (QED) is 0.786. The van der Waals surface area contributed by atoms with E-state index in [9.17, 15) is 9.59 Å². The number of primary amides is 1. The highest BCUT2D eigenvalue weighted by atomic mass is 16.5. The smallest absolute Gasteiger partial charge is 0.252 e. The van der Waals surface area contributed by atoms with E-state index in [4.69, 9.17) is 15.2 Å². The number of fused-ring (bicyclic) bond motifs is 2. The van der Waals surface area contributed by atoms with Crippen LogP contribution in [0.4, 0.5) is 0 Å². The van der Waals surface area contributed by atoms with Gasteiger partial charge < -0.3 is 15.2 Å². The van der Waals surface area contributed by atoms with E-state index in [1.165, 1.54) is 6.92 Å². The fourth-order valence-corrected chi connectivity index (χ4v) is 2.74. The molecule has 3 rings (SSSR count). The summed E-state index contributed by atoms with van der Waals surface area (Å²) in [5, 5.41) is 0. The van der Waals surface area contributed by atoms with Gasteiger partial charge >= 0.3 is 0 Å². The van der Waals surface area contributed by atoms with Crippen molar-refractivity contribution in [2.45, 2.75) is 19.8 Å². The van der Waals surface area contributed by atoms with Crippen LogP contribution in [-0.2, 0) is 12.8 Å². The van der Waals surface area contributed by atoms with Gasteiger partial charge in [-0.15, -0.1) is 0 Å². The van der Waals surface area contributed by atoms with Gasteiger partial charge in [0, 0.05) is 24.0 Å². The second-order valence-corrected chi connectivity index (χ2v) is 4.48. The molecule has 5 heteroatoms.